The minimum Gasteiger partial charge on any atom is -0.371 e. The molecule has 7 heteroatoms. The third kappa shape index (κ3) is 5.00. The van der Waals surface area contributed by atoms with Gasteiger partial charge in [-0.15, -0.1) is 0 Å². The van der Waals surface area contributed by atoms with Crippen LogP contribution in [0, 0.1) is 11.7 Å². The van der Waals surface area contributed by atoms with Crippen LogP contribution < -0.4 is 15.5 Å². The third-order valence-corrected chi connectivity index (χ3v) is 4.82. The highest BCUT2D eigenvalue weighted by Crippen LogP contribution is 2.23. The first-order valence-corrected chi connectivity index (χ1v) is 9.29. The summed E-state index contributed by atoms with van der Waals surface area (Å²) in [5, 5.41) is 5.68. The minimum absolute atomic E-state index is 0.0806. The normalized spacial score (nSPS) is 16.0. The fraction of sp³-hybridized carbons (Fsp3) is 0.333. The Labute approximate surface area is 164 Å². The lowest BCUT2D eigenvalue weighted by molar-refractivity contribution is 0.0827. The molecule has 1 aliphatic heterocycles. The van der Waals surface area contributed by atoms with E-state index < -0.39 is 0 Å². The van der Waals surface area contributed by atoms with E-state index in [4.69, 9.17) is 0 Å². The summed E-state index contributed by atoms with van der Waals surface area (Å²) < 4.78 is 13.0. The molecule has 28 heavy (non-hydrogen) atoms. The first-order valence-electron chi connectivity index (χ1n) is 9.29. The summed E-state index contributed by atoms with van der Waals surface area (Å²) in [4.78, 5) is 27.7. The maximum absolute atomic E-state index is 13.0. The van der Waals surface area contributed by atoms with Crippen molar-refractivity contribution in [2.45, 2.75) is 6.42 Å². The average Bonchev–Trinajstić information content (AvgIpc) is 3.16. The number of nitrogens with zero attached hydrogens (tertiary/aromatic N) is 2. The van der Waals surface area contributed by atoms with Gasteiger partial charge in [-0.3, -0.25) is 4.79 Å². The molecule has 0 bridgehead atoms. The number of benzene rings is 2. The predicted octanol–water partition coefficient (Wildman–Crippen LogP) is 3.18. The second kappa shape index (κ2) is 8.73. The number of anilines is 2. The van der Waals surface area contributed by atoms with Crippen molar-refractivity contribution in [3.8, 4) is 0 Å². The Morgan fingerprint density at radius 2 is 1.79 bits per heavy atom. The van der Waals surface area contributed by atoms with Crippen molar-refractivity contribution in [1.29, 1.82) is 0 Å². The van der Waals surface area contributed by atoms with Gasteiger partial charge in [0.05, 0.1) is 0 Å². The molecule has 1 unspecified atom stereocenters. The Morgan fingerprint density at radius 1 is 1.11 bits per heavy atom. The average molecular weight is 384 g/mol. The topological polar surface area (TPSA) is 64.7 Å². The molecule has 2 aromatic carbocycles. The van der Waals surface area contributed by atoms with E-state index in [0.717, 1.165) is 25.2 Å². The van der Waals surface area contributed by atoms with Gasteiger partial charge >= 0.3 is 6.03 Å². The van der Waals surface area contributed by atoms with Crippen molar-refractivity contribution in [2.75, 3.05) is 43.9 Å². The Hall–Kier alpha value is -3.09. The Morgan fingerprint density at radius 3 is 2.43 bits per heavy atom. The number of halogens is 1. The summed E-state index contributed by atoms with van der Waals surface area (Å²) in [6.07, 6.45) is 0.971. The van der Waals surface area contributed by atoms with Gasteiger partial charge < -0.3 is 20.4 Å². The molecule has 2 aromatic rings. The van der Waals surface area contributed by atoms with Gasteiger partial charge in [0.25, 0.3) is 5.91 Å². The smallest absolute Gasteiger partial charge is 0.319 e. The zero-order chi connectivity index (χ0) is 20.1. The largest absolute Gasteiger partial charge is 0.371 e. The van der Waals surface area contributed by atoms with E-state index >= 15 is 0 Å². The van der Waals surface area contributed by atoms with Crippen molar-refractivity contribution in [2.24, 2.45) is 5.92 Å². The highest BCUT2D eigenvalue weighted by molar-refractivity contribution is 5.95. The van der Waals surface area contributed by atoms with Gasteiger partial charge in [0.1, 0.15) is 5.82 Å². The molecule has 1 atom stereocenters. The first-order chi connectivity index (χ1) is 13.4. The van der Waals surface area contributed by atoms with Crippen LogP contribution in [-0.2, 0) is 0 Å². The van der Waals surface area contributed by atoms with Crippen LogP contribution in [0.3, 0.4) is 0 Å². The molecule has 148 valence electrons. The van der Waals surface area contributed by atoms with Crippen LogP contribution in [0.15, 0.2) is 48.5 Å². The molecule has 1 aliphatic rings. The van der Waals surface area contributed by atoms with E-state index in [-0.39, 0.29) is 17.8 Å². The Bertz CT molecular complexity index is 821. The van der Waals surface area contributed by atoms with E-state index in [1.807, 2.05) is 0 Å². The van der Waals surface area contributed by atoms with Gasteiger partial charge in [-0.2, -0.15) is 0 Å². The zero-order valence-electron chi connectivity index (χ0n) is 16.1. The summed E-state index contributed by atoms with van der Waals surface area (Å²) in [7, 11) is 3.39. The fourth-order valence-electron chi connectivity index (χ4n) is 3.25. The fourth-order valence-corrected chi connectivity index (χ4v) is 3.25. The molecule has 0 radical (unpaired) electrons. The number of urea groups is 1. The van der Waals surface area contributed by atoms with Crippen molar-refractivity contribution in [3.05, 3.63) is 59.9 Å². The predicted molar refractivity (Wildman–Crippen MR) is 108 cm³/mol. The molecule has 1 fully saturated rings. The summed E-state index contributed by atoms with van der Waals surface area (Å²) in [5.41, 5.74) is 2.20. The lowest BCUT2D eigenvalue weighted by Crippen LogP contribution is -2.34. The van der Waals surface area contributed by atoms with Crippen LogP contribution >= 0.6 is 0 Å². The molecule has 1 heterocycles. The Kier molecular flexibility index (Phi) is 6.13. The zero-order valence-corrected chi connectivity index (χ0v) is 16.1. The standard InChI is InChI=1S/C21H25FN4O2/c1-25(2)20(27)16-3-7-18(8-4-16)24-21(28)23-13-15-11-12-26(14-15)19-9-5-17(22)6-10-19/h3-10,15H,11-14H2,1-2H3,(H2,23,24,28). The maximum Gasteiger partial charge on any atom is 0.319 e. The lowest BCUT2D eigenvalue weighted by atomic mass is 10.1. The van der Waals surface area contributed by atoms with Crippen LogP contribution in [0.5, 0.6) is 0 Å². The van der Waals surface area contributed by atoms with Crippen LogP contribution in [0.1, 0.15) is 16.8 Å². The van der Waals surface area contributed by atoms with Crippen molar-refractivity contribution >= 4 is 23.3 Å². The number of carbonyl (C=O) groups excluding carboxylic acids is 2. The van der Waals surface area contributed by atoms with Gasteiger partial charge in [-0.1, -0.05) is 0 Å². The van der Waals surface area contributed by atoms with Crippen molar-refractivity contribution in [1.82, 2.24) is 10.2 Å². The lowest BCUT2D eigenvalue weighted by Gasteiger charge is -2.19. The maximum atomic E-state index is 13.0. The van der Waals surface area contributed by atoms with Crippen LogP contribution in [0.4, 0.5) is 20.6 Å². The molecule has 3 amide bonds. The summed E-state index contributed by atoms with van der Waals surface area (Å²) >= 11 is 0. The third-order valence-electron chi connectivity index (χ3n) is 4.82. The quantitative estimate of drug-likeness (QED) is 0.832. The number of rotatable bonds is 5. The van der Waals surface area contributed by atoms with Crippen LogP contribution in [-0.4, -0.2) is 50.6 Å². The van der Waals surface area contributed by atoms with Gasteiger partial charge in [-0.25, -0.2) is 9.18 Å². The first kappa shape index (κ1) is 19.7. The van der Waals surface area contributed by atoms with E-state index in [2.05, 4.69) is 15.5 Å². The second-order valence-electron chi connectivity index (χ2n) is 7.19. The van der Waals surface area contributed by atoms with Crippen molar-refractivity contribution in [3.63, 3.8) is 0 Å². The highest BCUT2D eigenvalue weighted by atomic mass is 19.1. The van der Waals surface area contributed by atoms with Gasteiger partial charge in [0.2, 0.25) is 0 Å². The van der Waals surface area contributed by atoms with Crippen LogP contribution in [0.2, 0.25) is 0 Å². The number of nitrogens with one attached hydrogen (secondary N) is 2. The molecule has 0 saturated carbocycles. The molecule has 1 saturated heterocycles. The molecule has 3 rings (SSSR count). The number of hydrogen-bond donors (Lipinski definition) is 2. The number of amides is 3. The molecule has 6 nitrogen and oxygen atoms in total. The van der Waals surface area contributed by atoms with Gasteiger partial charge in [-0.05, 0) is 60.9 Å². The SMILES string of the molecule is CN(C)C(=O)c1ccc(NC(=O)NCC2CCN(c3ccc(F)cc3)C2)cc1. The molecule has 0 aromatic heterocycles. The van der Waals surface area contributed by atoms with Gasteiger partial charge in [0, 0.05) is 50.7 Å². The van der Waals surface area contributed by atoms with E-state index in [0.29, 0.717) is 23.7 Å². The molecule has 0 aliphatic carbocycles. The minimum atomic E-state index is -0.271. The number of hydrogen-bond acceptors (Lipinski definition) is 3. The molecule has 2 N–H and O–H groups in total. The summed E-state index contributed by atoms with van der Waals surface area (Å²) in [5.74, 6) is 0.0239. The molecular formula is C21H25FN4O2. The second-order valence-corrected chi connectivity index (χ2v) is 7.19. The van der Waals surface area contributed by atoms with Crippen LogP contribution in [0.25, 0.3) is 0 Å². The number of carbonyl (C=O) groups is 2. The summed E-state index contributed by atoms with van der Waals surface area (Å²) in [6, 6.07) is 13.0. The van der Waals surface area contributed by atoms with E-state index in [1.165, 1.54) is 17.0 Å². The Balaban J connectivity index is 1.44. The highest BCUT2D eigenvalue weighted by Gasteiger charge is 2.23. The molecule has 0 spiro atoms. The van der Waals surface area contributed by atoms with Crippen molar-refractivity contribution < 1.29 is 14.0 Å². The summed E-state index contributed by atoms with van der Waals surface area (Å²) in [6.45, 7) is 2.29. The van der Waals surface area contributed by atoms with E-state index in [1.54, 1.807) is 50.5 Å². The van der Waals surface area contributed by atoms with E-state index in [9.17, 15) is 14.0 Å². The monoisotopic (exact) mass is 384 g/mol. The van der Waals surface area contributed by atoms with Gasteiger partial charge in [0.15, 0.2) is 0 Å². The molecular weight excluding hydrogens is 359 g/mol.